The van der Waals surface area contributed by atoms with Crippen molar-refractivity contribution < 1.29 is 4.79 Å². The summed E-state index contributed by atoms with van der Waals surface area (Å²) in [4.78, 5) is 22.0. The van der Waals surface area contributed by atoms with Crippen molar-refractivity contribution in [3.05, 3.63) is 12.3 Å². The number of hydrogen-bond donors (Lipinski definition) is 2. The van der Waals surface area contributed by atoms with Crippen LogP contribution in [0.1, 0.15) is 19.8 Å². The molecule has 6 heteroatoms. The van der Waals surface area contributed by atoms with Crippen molar-refractivity contribution in [3.63, 3.8) is 0 Å². The van der Waals surface area contributed by atoms with Crippen molar-refractivity contribution >= 4 is 17.7 Å². The first-order chi connectivity index (χ1) is 8.56. The first-order valence-corrected chi connectivity index (χ1v) is 6.13. The fraction of sp³-hybridized carbons (Fsp3) is 0.583. The number of carbonyl (C=O) groups is 1. The summed E-state index contributed by atoms with van der Waals surface area (Å²) in [7, 11) is 3.75. The zero-order chi connectivity index (χ0) is 13.1. The van der Waals surface area contributed by atoms with Crippen LogP contribution in [0.2, 0.25) is 0 Å². The molecule has 18 heavy (non-hydrogen) atoms. The Morgan fingerprint density at radius 2 is 2.22 bits per heavy atom. The number of rotatable bonds is 5. The molecule has 0 aliphatic heterocycles. The molecule has 0 saturated heterocycles. The van der Waals surface area contributed by atoms with E-state index in [-0.39, 0.29) is 11.9 Å². The zero-order valence-corrected chi connectivity index (χ0v) is 11.0. The first-order valence-electron chi connectivity index (χ1n) is 6.13. The van der Waals surface area contributed by atoms with E-state index >= 15 is 0 Å². The summed E-state index contributed by atoms with van der Waals surface area (Å²) >= 11 is 0. The monoisotopic (exact) mass is 249 g/mol. The van der Waals surface area contributed by atoms with Crippen LogP contribution in [0.4, 0.5) is 11.8 Å². The van der Waals surface area contributed by atoms with Gasteiger partial charge in [0, 0.05) is 26.3 Å². The molecule has 1 atom stereocenters. The molecule has 98 valence electrons. The van der Waals surface area contributed by atoms with Gasteiger partial charge in [0.1, 0.15) is 11.9 Å². The number of anilines is 2. The molecule has 0 radical (unpaired) electrons. The lowest BCUT2D eigenvalue weighted by Gasteiger charge is -2.16. The maximum absolute atomic E-state index is 11.8. The number of hydrogen-bond acceptors (Lipinski definition) is 5. The highest BCUT2D eigenvalue weighted by Gasteiger charge is 2.25. The summed E-state index contributed by atoms with van der Waals surface area (Å²) in [5.41, 5.74) is 0. The molecule has 0 aromatic carbocycles. The molecule has 1 aliphatic carbocycles. The van der Waals surface area contributed by atoms with E-state index in [0.717, 1.165) is 12.8 Å². The largest absolute Gasteiger partial charge is 0.358 e. The lowest BCUT2D eigenvalue weighted by atomic mass is 10.3. The molecule has 1 aliphatic rings. The van der Waals surface area contributed by atoms with Crippen LogP contribution in [0.5, 0.6) is 0 Å². The number of nitrogens with one attached hydrogen (secondary N) is 2. The van der Waals surface area contributed by atoms with Gasteiger partial charge in [-0.3, -0.25) is 4.79 Å². The van der Waals surface area contributed by atoms with Crippen LogP contribution in [0.25, 0.3) is 0 Å². The normalized spacial score (nSPS) is 15.9. The van der Waals surface area contributed by atoms with Crippen LogP contribution in [0.15, 0.2) is 12.3 Å². The molecule has 1 heterocycles. The predicted octanol–water partition coefficient (Wildman–Crippen LogP) is 0.622. The van der Waals surface area contributed by atoms with E-state index in [1.54, 1.807) is 12.3 Å². The van der Waals surface area contributed by atoms with Crippen molar-refractivity contribution in [2.75, 3.05) is 24.3 Å². The third kappa shape index (κ3) is 3.32. The van der Waals surface area contributed by atoms with Crippen LogP contribution < -0.4 is 15.5 Å². The minimum Gasteiger partial charge on any atom is -0.358 e. The predicted molar refractivity (Wildman–Crippen MR) is 70.6 cm³/mol. The lowest BCUT2D eigenvalue weighted by molar-refractivity contribution is -0.121. The molecular weight excluding hydrogens is 230 g/mol. The zero-order valence-electron chi connectivity index (χ0n) is 11.0. The number of aromatic nitrogens is 2. The second-order valence-corrected chi connectivity index (χ2v) is 4.79. The summed E-state index contributed by atoms with van der Waals surface area (Å²) < 4.78 is 0. The van der Waals surface area contributed by atoms with Gasteiger partial charge in [-0.25, -0.2) is 4.98 Å². The number of amides is 1. The van der Waals surface area contributed by atoms with Gasteiger partial charge < -0.3 is 15.5 Å². The van der Waals surface area contributed by atoms with E-state index in [2.05, 4.69) is 20.6 Å². The third-order valence-corrected chi connectivity index (χ3v) is 2.72. The maximum atomic E-state index is 11.8. The highest BCUT2D eigenvalue weighted by atomic mass is 16.2. The number of nitrogens with zero attached hydrogens (tertiary/aromatic N) is 3. The Hall–Kier alpha value is -1.85. The van der Waals surface area contributed by atoms with Gasteiger partial charge in [-0.15, -0.1) is 0 Å². The third-order valence-electron chi connectivity index (χ3n) is 2.72. The minimum atomic E-state index is -0.296. The lowest BCUT2D eigenvalue weighted by Crippen LogP contribution is -2.38. The molecule has 1 fully saturated rings. The molecule has 0 bridgehead atoms. The van der Waals surface area contributed by atoms with Crippen LogP contribution in [-0.4, -0.2) is 42.1 Å². The molecule has 2 N–H and O–H groups in total. The Balaban J connectivity index is 1.94. The van der Waals surface area contributed by atoms with E-state index in [0.29, 0.717) is 17.8 Å². The van der Waals surface area contributed by atoms with Crippen LogP contribution in [0, 0.1) is 0 Å². The molecule has 1 amide bonds. The Morgan fingerprint density at radius 3 is 2.83 bits per heavy atom. The van der Waals surface area contributed by atoms with Crippen molar-refractivity contribution in [2.45, 2.75) is 31.8 Å². The van der Waals surface area contributed by atoms with Crippen molar-refractivity contribution in [1.29, 1.82) is 0 Å². The van der Waals surface area contributed by atoms with Gasteiger partial charge >= 0.3 is 0 Å². The van der Waals surface area contributed by atoms with Gasteiger partial charge in [-0.1, -0.05) is 0 Å². The average molecular weight is 249 g/mol. The Labute approximate surface area is 107 Å². The topological polar surface area (TPSA) is 70.2 Å². The van der Waals surface area contributed by atoms with E-state index in [9.17, 15) is 4.79 Å². The summed E-state index contributed by atoms with van der Waals surface area (Å²) in [6.45, 7) is 1.83. The molecule has 0 spiro atoms. The van der Waals surface area contributed by atoms with Crippen LogP contribution in [0.3, 0.4) is 0 Å². The van der Waals surface area contributed by atoms with Gasteiger partial charge in [0.15, 0.2) is 0 Å². The standard InChI is InChI=1S/C12H19N5O/c1-8(11(18)15-9-4-5-9)14-10-6-7-13-12(16-10)17(2)3/h6-9H,4-5H2,1-3H3,(H,15,18)(H,13,14,16). The molecule has 1 unspecified atom stereocenters. The van der Waals surface area contributed by atoms with Crippen molar-refractivity contribution in [2.24, 2.45) is 0 Å². The Bertz CT molecular complexity index is 430. The molecule has 1 aromatic heterocycles. The first kappa shape index (κ1) is 12.6. The van der Waals surface area contributed by atoms with Gasteiger partial charge in [0.25, 0.3) is 0 Å². The second kappa shape index (κ2) is 5.20. The van der Waals surface area contributed by atoms with E-state index in [4.69, 9.17) is 0 Å². The quantitative estimate of drug-likeness (QED) is 0.800. The van der Waals surface area contributed by atoms with Gasteiger partial charge in [0.05, 0.1) is 0 Å². The Kier molecular flexibility index (Phi) is 3.64. The highest BCUT2D eigenvalue weighted by Crippen LogP contribution is 2.19. The van der Waals surface area contributed by atoms with E-state index in [1.165, 1.54) is 0 Å². The summed E-state index contributed by atoms with van der Waals surface area (Å²) in [6, 6.07) is 1.84. The fourth-order valence-corrected chi connectivity index (χ4v) is 1.49. The van der Waals surface area contributed by atoms with Gasteiger partial charge in [-0.2, -0.15) is 4.98 Å². The fourth-order valence-electron chi connectivity index (χ4n) is 1.49. The van der Waals surface area contributed by atoms with Crippen molar-refractivity contribution in [3.8, 4) is 0 Å². The molecule has 2 rings (SSSR count). The number of carbonyl (C=O) groups excluding carboxylic acids is 1. The molecule has 1 aromatic rings. The van der Waals surface area contributed by atoms with Crippen LogP contribution in [-0.2, 0) is 4.79 Å². The summed E-state index contributed by atoms with van der Waals surface area (Å²) in [5, 5.41) is 6.04. The highest BCUT2D eigenvalue weighted by molar-refractivity contribution is 5.84. The smallest absolute Gasteiger partial charge is 0.242 e. The summed E-state index contributed by atoms with van der Waals surface area (Å²) in [5.74, 6) is 1.30. The minimum absolute atomic E-state index is 0.0162. The SMILES string of the molecule is CC(Nc1ccnc(N(C)C)n1)C(=O)NC1CC1. The van der Waals surface area contributed by atoms with E-state index < -0.39 is 0 Å². The van der Waals surface area contributed by atoms with Gasteiger partial charge in [-0.05, 0) is 25.8 Å². The maximum Gasteiger partial charge on any atom is 0.242 e. The molecular formula is C12H19N5O. The second-order valence-electron chi connectivity index (χ2n) is 4.79. The van der Waals surface area contributed by atoms with Gasteiger partial charge in [0.2, 0.25) is 11.9 Å². The molecule has 6 nitrogen and oxygen atoms in total. The van der Waals surface area contributed by atoms with E-state index in [1.807, 2.05) is 25.9 Å². The van der Waals surface area contributed by atoms with Crippen LogP contribution >= 0.6 is 0 Å². The molecule has 1 saturated carbocycles. The Morgan fingerprint density at radius 1 is 1.50 bits per heavy atom. The summed E-state index contributed by atoms with van der Waals surface area (Å²) in [6.07, 6.45) is 3.86. The van der Waals surface area contributed by atoms with Crippen molar-refractivity contribution in [1.82, 2.24) is 15.3 Å². The average Bonchev–Trinajstić information content (AvgIpc) is 3.13.